The zero-order chi connectivity index (χ0) is 37.4. The Labute approximate surface area is 310 Å². The van der Waals surface area contributed by atoms with Gasteiger partial charge in [0.2, 0.25) is 0 Å². The van der Waals surface area contributed by atoms with Crippen LogP contribution in [0.2, 0.25) is 0 Å². The predicted molar refractivity (Wildman–Crippen MR) is 207 cm³/mol. The lowest BCUT2D eigenvalue weighted by Crippen LogP contribution is -2.61. The van der Waals surface area contributed by atoms with Crippen LogP contribution in [0.4, 0.5) is 0 Å². The van der Waals surface area contributed by atoms with Gasteiger partial charge in [-0.1, -0.05) is 26.3 Å². The summed E-state index contributed by atoms with van der Waals surface area (Å²) in [4.78, 5) is 28.3. The van der Waals surface area contributed by atoms with Crippen molar-refractivity contribution in [1.82, 2.24) is 39.2 Å². The van der Waals surface area contributed by atoms with Crippen molar-refractivity contribution in [3.63, 3.8) is 0 Å². The van der Waals surface area contributed by atoms with Gasteiger partial charge in [0.05, 0.1) is 19.6 Å². The predicted octanol–water partition coefficient (Wildman–Crippen LogP) is 3.60. The molecule has 0 aromatic carbocycles. The minimum atomic E-state index is -0.743. The average molecular weight is 740 g/mol. The molecular formula is C35H65N9O4S2. The van der Waals surface area contributed by atoms with E-state index in [1.807, 2.05) is 25.9 Å². The second-order valence-electron chi connectivity index (χ2n) is 12.7. The first-order chi connectivity index (χ1) is 23.8. The van der Waals surface area contributed by atoms with Crippen LogP contribution >= 0.6 is 23.5 Å². The van der Waals surface area contributed by atoms with Gasteiger partial charge in [-0.3, -0.25) is 4.79 Å². The van der Waals surface area contributed by atoms with Gasteiger partial charge in [0.15, 0.2) is 12.3 Å². The van der Waals surface area contributed by atoms with Gasteiger partial charge in [-0.2, -0.15) is 23.5 Å². The molecule has 0 saturated carbocycles. The molecule has 15 heteroatoms. The number of hydrogen-bond donors (Lipinski definition) is 2. The molecule has 13 nitrogen and oxygen atoms in total. The van der Waals surface area contributed by atoms with E-state index in [-0.39, 0.29) is 18.8 Å². The zero-order valence-corrected chi connectivity index (χ0v) is 33.7. The van der Waals surface area contributed by atoms with Crippen molar-refractivity contribution in [1.29, 1.82) is 0 Å². The number of ether oxygens (including phenoxy) is 2. The number of carbonyl (C=O) groups is 1. The molecule has 0 atom stereocenters. The maximum atomic E-state index is 10.6. The highest BCUT2D eigenvalue weighted by Crippen LogP contribution is 2.49. The summed E-state index contributed by atoms with van der Waals surface area (Å²) >= 11 is 3.54. The molecule has 4 rings (SSSR count). The summed E-state index contributed by atoms with van der Waals surface area (Å²) in [5, 5.41) is 8.70. The Morgan fingerprint density at radius 2 is 0.980 bits per heavy atom. The molecule has 0 unspecified atom stereocenters. The lowest BCUT2D eigenvalue weighted by molar-refractivity contribution is -0.211. The van der Waals surface area contributed by atoms with Gasteiger partial charge in [0.25, 0.3) is 11.7 Å². The number of nitrogens with zero attached hydrogens (tertiary/aromatic N) is 8. The number of carboxylic acid groups (broad SMARTS) is 1. The Morgan fingerprint density at radius 1 is 0.660 bits per heavy atom. The van der Waals surface area contributed by atoms with Crippen molar-refractivity contribution in [2.75, 3.05) is 97.1 Å². The van der Waals surface area contributed by atoms with Gasteiger partial charge in [-0.15, -0.1) is 0 Å². The molecule has 50 heavy (non-hydrogen) atoms. The Kier molecular flexibility index (Phi) is 15.3. The standard InChI is InChI=1S/C18H32N4O3S.C17H33N5OS/c1-7-21-14(3)19(5)17-18(21,22(8-2)15(4)20(17)6)25-11-9-12-26-13-10-16(23)24;1-7-21-14(3)19(5)16-17(21,22(8-2)15(4)20(16)6)23-11-9-12-24-13-10-18/h17H,3-4,7-13H2,1-2,5-6H3,(H,23,24);16H,3-4,7-13,18H2,1-2,5-6H3. The second kappa shape index (κ2) is 18.3. The number of rotatable bonds is 19. The number of likely N-dealkylation sites (N-methyl/N-ethyl adjacent to an activating group) is 8. The summed E-state index contributed by atoms with van der Waals surface area (Å²) in [7, 11) is 8.26. The topological polar surface area (TPSA) is 108 Å². The summed E-state index contributed by atoms with van der Waals surface area (Å²) in [6, 6.07) is 0. The Hall–Kier alpha value is -2.59. The monoisotopic (exact) mass is 739 g/mol. The van der Waals surface area contributed by atoms with Crippen LogP contribution in [0.5, 0.6) is 0 Å². The van der Waals surface area contributed by atoms with Gasteiger partial charge in [0, 0.05) is 72.4 Å². The molecule has 4 fully saturated rings. The van der Waals surface area contributed by atoms with Gasteiger partial charge in [-0.05, 0) is 52.0 Å². The molecule has 3 N–H and O–H groups in total. The van der Waals surface area contributed by atoms with E-state index in [1.54, 1.807) is 11.8 Å². The Bertz CT molecular complexity index is 1150. The Morgan fingerprint density at radius 3 is 1.26 bits per heavy atom. The number of fused-ring (bicyclic) bond motifs is 2. The highest BCUT2D eigenvalue weighted by molar-refractivity contribution is 7.99. The van der Waals surface area contributed by atoms with E-state index in [2.05, 4.69) is 107 Å². The number of aliphatic carboxylic acids is 1. The second-order valence-corrected chi connectivity index (χ2v) is 15.2. The quantitative estimate of drug-likeness (QED) is 0.188. The van der Waals surface area contributed by atoms with E-state index in [0.717, 1.165) is 86.1 Å². The summed E-state index contributed by atoms with van der Waals surface area (Å²) in [5.41, 5.74) is 5.55. The van der Waals surface area contributed by atoms with Crippen LogP contribution < -0.4 is 5.73 Å². The van der Waals surface area contributed by atoms with Gasteiger partial charge >= 0.3 is 5.97 Å². The summed E-state index contributed by atoms with van der Waals surface area (Å²) < 4.78 is 13.1. The van der Waals surface area contributed by atoms with Gasteiger partial charge < -0.3 is 59.5 Å². The van der Waals surface area contributed by atoms with Gasteiger partial charge in [0.1, 0.15) is 23.3 Å². The smallest absolute Gasteiger partial charge is 0.304 e. The van der Waals surface area contributed by atoms with Crippen molar-refractivity contribution < 1.29 is 19.4 Å². The minimum absolute atomic E-state index is 0.00191. The molecule has 4 saturated heterocycles. The van der Waals surface area contributed by atoms with E-state index in [4.69, 9.17) is 20.3 Å². The van der Waals surface area contributed by atoms with E-state index in [0.29, 0.717) is 19.0 Å². The first-order valence-corrected chi connectivity index (χ1v) is 20.2. The molecule has 4 aliphatic heterocycles. The molecular weight excluding hydrogens is 675 g/mol. The zero-order valence-electron chi connectivity index (χ0n) is 32.0. The first kappa shape index (κ1) is 41.8. The van der Waals surface area contributed by atoms with Crippen LogP contribution in [0, 0.1) is 0 Å². The lowest BCUT2D eigenvalue weighted by atomic mass is 10.2. The van der Waals surface area contributed by atoms with Crippen molar-refractivity contribution >= 4 is 29.5 Å². The minimum Gasteiger partial charge on any atom is -0.481 e. The average Bonchev–Trinajstić information content (AvgIpc) is 3.62. The molecule has 0 radical (unpaired) electrons. The molecule has 286 valence electrons. The first-order valence-electron chi connectivity index (χ1n) is 17.9. The summed E-state index contributed by atoms with van der Waals surface area (Å²) in [6.45, 7) is 30.9. The summed E-state index contributed by atoms with van der Waals surface area (Å²) in [6.07, 6.45) is 2.16. The number of hydrogen-bond acceptors (Lipinski definition) is 14. The molecule has 0 amide bonds. The van der Waals surface area contributed by atoms with Crippen molar-refractivity contribution in [2.24, 2.45) is 5.73 Å². The third kappa shape index (κ3) is 7.48. The summed E-state index contributed by atoms with van der Waals surface area (Å²) in [5.74, 6) is 5.61. The fourth-order valence-corrected chi connectivity index (χ4v) is 9.29. The van der Waals surface area contributed by atoms with E-state index in [1.165, 1.54) is 0 Å². The van der Waals surface area contributed by atoms with Gasteiger partial charge in [-0.25, -0.2) is 0 Å². The van der Waals surface area contributed by atoms with Crippen LogP contribution in [0.1, 0.15) is 47.0 Å². The van der Waals surface area contributed by atoms with E-state index >= 15 is 0 Å². The molecule has 4 heterocycles. The maximum Gasteiger partial charge on any atom is 0.304 e. The molecule has 0 aromatic rings. The number of thioether (sulfide) groups is 2. The highest BCUT2D eigenvalue weighted by atomic mass is 32.2. The molecule has 0 aliphatic carbocycles. The molecule has 4 aliphatic rings. The van der Waals surface area contributed by atoms with Crippen LogP contribution in [0.3, 0.4) is 0 Å². The lowest BCUT2D eigenvalue weighted by Gasteiger charge is -2.43. The third-order valence-corrected chi connectivity index (χ3v) is 12.2. The van der Waals surface area contributed by atoms with Crippen LogP contribution in [-0.4, -0.2) is 171 Å². The number of nitrogens with two attached hydrogens (primary N) is 1. The largest absolute Gasteiger partial charge is 0.481 e. The molecule has 0 spiro atoms. The van der Waals surface area contributed by atoms with Crippen molar-refractivity contribution in [3.8, 4) is 0 Å². The molecule has 0 aromatic heterocycles. The van der Waals surface area contributed by atoms with Crippen LogP contribution in [-0.2, 0) is 14.3 Å². The fraction of sp³-hybridized carbons (Fsp3) is 0.743. The van der Waals surface area contributed by atoms with E-state index in [9.17, 15) is 4.79 Å². The normalized spacial score (nSPS) is 26.1. The Balaban J connectivity index is 0.000000271. The van der Waals surface area contributed by atoms with Crippen LogP contribution in [0.25, 0.3) is 0 Å². The highest BCUT2D eigenvalue weighted by Gasteiger charge is 2.66. The maximum absolute atomic E-state index is 10.6. The van der Waals surface area contributed by atoms with Crippen LogP contribution in [0.15, 0.2) is 49.6 Å². The third-order valence-electron chi connectivity index (χ3n) is 10.0. The fourth-order valence-electron chi connectivity index (χ4n) is 7.75. The van der Waals surface area contributed by atoms with Crippen molar-refractivity contribution in [3.05, 3.63) is 49.6 Å². The van der Waals surface area contributed by atoms with E-state index < -0.39 is 17.7 Å². The SMILES string of the molecule is C=C1N(C)C2N(C)C(=C)N(CC)C2(OCCCSCCC(=O)O)N1CC.C=C1N(C)C2N(C)C(=C)N(CC)C2(OCCCSCCN)N1CC. The molecule has 0 bridgehead atoms. The number of carboxylic acids is 1. The van der Waals surface area contributed by atoms with Crippen molar-refractivity contribution in [2.45, 2.75) is 71.0 Å².